The van der Waals surface area contributed by atoms with E-state index in [1.54, 1.807) is 7.05 Å². The maximum Gasteiger partial charge on any atom is 0.282 e. The topological polar surface area (TPSA) is 66.9 Å². The number of carbonyl (C=O) groups excluding carboxylic acids is 1. The Morgan fingerprint density at radius 1 is 1.50 bits per heavy atom. The number of carbonyl (C=O) groups is 1. The molecule has 0 radical (unpaired) electrons. The van der Waals surface area contributed by atoms with Gasteiger partial charge in [0.15, 0.2) is 0 Å². The van der Waals surface area contributed by atoms with Gasteiger partial charge in [0.1, 0.15) is 0 Å². The van der Waals surface area contributed by atoms with Crippen molar-refractivity contribution in [3.8, 4) is 0 Å². The van der Waals surface area contributed by atoms with Crippen molar-refractivity contribution in [3.05, 3.63) is 5.01 Å². The molecule has 0 saturated heterocycles. The van der Waals surface area contributed by atoms with E-state index in [1.165, 1.54) is 24.2 Å². The second-order valence-corrected chi connectivity index (χ2v) is 5.18. The van der Waals surface area contributed by atoms with Crippen molar-refractivity contribution < 1.29 is 4.79 Å². The molecule has 0 aromatic carbocycles. The summed E-state index contributed by atoms with van der Waals surface area (Å²) in [5, 5.41) is 14.6. The monoisotopic (exact) mass is 240 g/mol. The van der Waals surface area contributed by atoms with Crippen LogP contribution in [0.2, 0.25) is 0 Å². The third-order valence-corrected chi connectivity index (χ3v) is 4.10. The normalized spacial score (nSPS) is 16.9. The molecule has 0 atom stereocenters. The average Bonchev–Trinajstić information content (AvgIpc) is 2.94. The van der Waals surface area contributed by atoms with Crippen molar-refractivity contribution in [2.24, 2.45) is 5.41 Å². The fourth-order valence-electron chi connectivity index (χ4n) is 1.59. The predicted molar refractivity (Wildman–Crippen MR) is 63.7 cm³/mol. The zero-order valence-electron chi connectivity index (χ0n) is 9.54. The number of nitrogens with one attached hydrogen (secondary N) is 2. The van der Waals surface area contributed by atoms with Crippen molar-refractivity contribution in [1.82, 2.24) is 15.5 Å². The molecule has 1 aromatic rings. The molecule has 2 rings (SSSR count). The highest BCUT2D eigenvalue weighted by Crippen LogP contribution is 2.47. The molecule has 16 heavy (non-hydrogen) atoms. The van der Waals surface area contributed by atoms with Gasteiger partial charge < -0.3 is 10.6 Å². The molecule has 5 nitrogen and oxygen atoms in total. The third-order valence-electron chi connectivity index (χ3n) is 3.16. The number of hydrogen-bond donors (Lipinski definition) is 2. The summed E-state index contributed by atoms with van der Waals surface area (Å²) < 4.78 is 0. The van der Waals surface area contributed by atoms with Crippen LogP contribution in [0.3, 0.4) is 0 Å². The Labute approximate surface area is 98.7 Å². The van der Waals surface area contributed by atoms with Gasteiger partial charge in [0.25, 0.3) is 5.91 Å². The van der Waals surface area contributed by atoms with Crippen molar-refractivity contribution >= 4 is 22.4 Å². The molecule has 88 valence electrons. The summed E-state index contributed by atoms with van der Waals surface area (Å²) in [6.45, 7) is 2.93. The molecule has 1 saturated carbocycles. The van der Waals surface area contributed by atoms with Crippen LogP contribution in [0.1, 0.15) is 36.0 Å². The van der Waals surface area contributed by atoms with Gasteiger partial charge in [0, 0.05) is 13.6 Å². The summed E-state index contributed by atoms with van der Waals surface area (Å²) >= 11 is 1.27. The fourth-order valence-corrected chi connectivity index (χ4v) is 2.20. The van der Waals surface area contributed by atoms with E-state index in [0.717, 1.165) is 13.0 Å². The highest BCUT2D eigenvalue weighted by molar-refractivity contribution is 7.17. The number of aromatic nitrogens is 2. The molecule has 1 heterocycles. The van der Waals surface area contributed by atoms with Crippen molar-refractivity contribution in [2.75, 3.05) is 18.9 Å². The van der Waals surface area contributed by atoms with E-state index in [1.807, 2.05) is 0 Å². The molecule has 1 aliphatic rings. The molecule has 0 bridgehead atoms. The van der Waals surface area contributed by atoms with Crippen LogP contribution in [0.25, 0.3) is 0 Å². The quantitative estimate of drug-likeness (QED) is 0.818. The second-order valence-electron chi connectivity index (χ2n) is 4.20. The summed E-state index contributed by atoms with van der Waals surface area (Å²) in [5.41, 5.74) is 0.367. The van der Waals surface area contributed by atoms with E-state index in [-0.39, 0.29) is 5.91 Å². The summed E-state index contributed by atoms with van der Waals surface area (Å²) in [6.07, 6.45) is 3.58. The smallest absolute Gasteiger partial charge is 0.282 e. The number of anilines is 1. The lowest BCUT2D eigenvalue weighted by Crippen LogP contribution is -2.29. The Morgan fingerprint density at radius 3 is 2.75 bits per heavy atom. The van der Waals surface area contributed by atoms with Crippen molar-refractivity contribution in [2.45, 2.75) is 26.2 Å². The number of hydrogen-bond acceptors (Lipinski definition) is 5. The van der Waals surface area contributed by atoms with Crippen LogP contribution in [-0.2, 0) is 0 Å². The van der Waals surface area contributed by atoms with E-state index in [0.29, 0.717) is 15.6 Å². The van der Waals surface area contributed by atoms with Crippen LogP contribution in [-0.4, -0.2) is 29.7 Å². The SMILES string of the molecule is CCC1(CNC(=O)c2nnc(NC)s2)CC1. The Morgan fingerprint density at radius 2 is 2.25 bits per heavy atom. The van der Waals surface area contributed by atoms with Crippen LogP contribution in [0.5, 0.6) is 0 Å². The molecule has 6 heteroatoms. The Hall–Kier alpha value is -1.17. The van der Waals surface area contributed by atoms with Gasteiger partial charge in [-0.15, -0.1) is 10.2 Å². The van der Waals surface area contributed by atoms with E-state index in [4.69, 9.17) is 0 Å². The lowest BCUT2D eigenvalue weighted by atomic mass is 10.0. The van der Waals surface area contributed by atoms with Crippen molar-refractivity contribution in [1.29, 1.82) is 0 Å². The van der Waals surface area contributed by atoms with Gasteiger partial charge in [-0.2, -0.15) is 0 Å². The zero-order chi connectivity index (χ0) is 11.6. The van der Waals surface area contributed by atoms with Gasteiger partial charge in [-0.25, -0.2) is 0 Å². The first-order valence-electron chi connectivity index (χ1n) is 5.48. The van der Waals surface area contributed by atoms with E-state index >= 15 is 0 Å². The van der Waals surface area contributed by atoms with Crippen molar-refractivity contribution in [3.63, 3.8) is 0 Å². The first-order valence-corrected chi connectivity index (χ1v) is 6.30. The molecule has 1 amide bonds. The maximum absolute atomic E-state index is 11.7. The van der Waals surface area contributed by atoms with Crippen LogP contribution < -0.4 is 10.6 Å². The fraction of sp³-hybridized carbons (Fsp3) is 0.700. The lowest BCUT2D eigenvalue weighted by molar-refractivity contribution is 0.0943. The minimum atomic E-state index is -0.112. The molecule has 1 aromatic heterocycles. The number of rotatable bonds is 5. The molecule has 0 spiro atoms. The Bertz CT molecular complexity index is 386. The minimum absolute atomic E-state index is 0.112. The van der Waals surface area contributed by atoms with Gasteiger partial charge in [0.2, 0.25) is 10.1 Å². The Balaban J connectivity index is 1.88. The van der Waals surface area contributed by atoms with Crippen LogP contribution in [0.4, 0.5) is 5.13 Å². The van der Waals surface area contributed by atoms with Gasteiger partial charge in [-0.3, -0.25) is 4.79 Å². The van der Waals surface area contributed by atoms with Crippen LogP contribution in [0, 0.1) is 5.41 Å². The maximum atomic E-state index is 11.7. The van der Waals surface area contributed by atoms with E-state index < -0.39 is 0 Å². The van der Waals surface area contributed by atoms with Gasteiger partial charge in [-0.1, -0.05) is 18.3 Å². The predicted octanol–water partition coefficient (Wildman–Crippen LogP) is 1.50. The summed E-state index contributed by atoms with van der Waals surface area (Å²) in [4.78, 5) is 11.7. The number of nitrogens with zero attached hydrogens (tertiary/aromatic N) is 2. The molecular formula is C10H16N4OS. The molecular weight excluding hydrogens is 224 g/mol. The third kappa shape index (κ3) is 2.32. The second kappa shape index (κ2) is 4.37. The van der Waals surface area contributed by atoms with E-state index in [9.17, 15) is 4.79 Å². The van der Waals surface area contributed by atoms with Gasteiger partial charge in [0.05, 0.1) is 0 Å². The van der Waals surface area contributed by atoms with Crippen LogP contribution in [0.15, 0.2) is 0 Å². The largest absolute Gasteiger partial charge is 0.363 e. The van der Waals surface area contributed by atoms with E-state index in [2.05, 4.69) is 27.8 Å². The zero-order valence-corrected chi connectivity index (χ0v) is 10.4. The highest BCUT2D eigenvalue weighted by atomic mass is 32.1. The molecule has 2 N–H and O–H groups in total. The lowest BCUT2D eigenvalue weighted by Gasteiger charge is -2.11. The molecule has 0 unspecified atom stereocenters. The highest BCUT2D eigenvalue weighted by Gasteiger charge is 2.40. The van der Waals surface area contributed by atoms with Gasteiger partial charge in [-0.05, 0) is 24.7 Å². The average molecular weight is 240 g/mol. The van der Waals surface area contributed by atoms with Crippen LogP contribution >= 0.6 is 11.3 Å². The summed E-state index contributed by atoms with van der Waals surface area (Å²) in [7, 11) is 1.76. The minimum Gasteiger partial charge on any atom is -0.363 e. The summed E-state index contributed by atoms with van der Waals surface area (Å²) in [5.74, 6) is -0.112. The molecule has 1 fully saturated rings. The molecule has 1 aliphatic carbocycles. The first kappa shape index (κ1) is 11.3. The number of amides is 1. The first-order chi connectivity index (χ1) is 7.69. The van der Waals surface area contributed by atoms with Gasteiger partial charge >= 0.3 is 0 Å². The Kier molecular flexibility index (Phi) is 3.09. The summed E-state index contributed by atoms with van der Waals surface area (Å²) in [6, 6.07) is 0. The standard InChI is InChI=1S/C10H16N4OS/c1-3-10(4-5-10)6-12-7(15)8-13-14-9(11-2)16-8/h3-6H2,1-2H3,(H,11,14)(H,12,15). The molecule has 0 aliphatic heterocycles.